The normalized spacial score (nSPS) is 15.9. The first-order valence-electron chi connectivity index (χ1n) is 8.36. The molecule has 2 aromatic rings. The summed E-state index contributed by atoms with van der Waals surface area (Å²) in [6.45, 7) is 2.08. The fraction of sp³-hybridized carbons (Fsp3) is 0.300. The summed E-state index contributed by atoms with van der Waals surface area (Å²) >= 11 is 0. The number of carbonyl (C=O) groups is 2. The van der Waals surface area contributed by atoms with Gasteiger partial charge >= 0.3 is 0 Å². The van der Waals surface area contributed by atoms with Crippen LogP contribution in [0.15, 0.2) is 54.6 Å². The van der Waals surface area contributed by atoms with Crippen molar-refractivity contribution in [2.75, 3.05) is 11.4 Å². The molecule has 24 heavy (non-hydrogen) atoms. The molecule has 4 heteroatoms. The fourth-order valence-corrected chi connectivity index (χ4v) is 3.20. The average molecular weight is 322 g/mol. The molecule has 0 radical (unpaired) electrons. The second kappa shape index (κ2) is 7.30. The molecule has 0 aliphatic carbocycles. The van der Waals surface area contributed by atoms with E-state index in [9.17, 15) is 9.59 Å². The highest BCUT2D eigenvalue weighted by Gasteiger charge is 2.30. The Kier molecular flexibility index (Phi) is 4.94. The highest BCUT2D eigenvalue weighted by Crippen LogP contribution is 2.31. The quantitative estimate of drug-likeness (QED) is 0.920. The Labute approximate surface area is 142 Å². The summed E-state index contributed by atoms with van der Waals surface area (Å²) in [5, 5.41) is 2.75. The van der Waals surface area contributed by atoms with Crippen LogP contribution in [0.3, 0.4) is 0 Å². The van der Waals surface area contributed by atoms with Crippen molar-refractivity contribution < 1.29 is 9.59 Å². The number of rotatable bonds is 5. The van der Waals surface area contributed by atoms with Crippen LogP contribution in [0.25, 0.3) is 0 Å². The van der Waals surface area contributed by atoms with Crippen molar-refractivity contribution in [3.05, 3.63) is 65.7 Å². The van der Waals surface area contributed by atoms with Gasteiger partial charge in [-0.2, -0.15) is 0 Å². The first-order valence-corrected chi connectivity index (χ1v) is 8.36. The molecule has 0 saturated heterocycles. The summed E-state index contributed by atoms with van der Waals surface area (Å²) in [7, 11) is 0. The van der Waals surface area contributed by atoms with Crippen LogP contribution < -0.4 is 10.2 Å². The van der Waals surface area contributed by atoms with Crippen molar-refractivity contribution in [2.24, 2.45) is 0 Å². The van der Waals surface area contributed by atoms with E-state index in [0.717, 1.165) is 17.7 Å². The van der Waals surface area contributed by atoms with Gasteiger partial charge in [0, 0.05) is 18.2 Å². The monoisotopic (exact) mass is 322 g/mol. The maximum absolute atomic E-state index is 12.5. The van der Waals surface area contributed by atoms with Gasteiger partial charge in [-0.3, -0.25) is 9.59 Å². The second-order valence-corrected chi connectivity index (χ2v) is 6.21. The second-order valence-electron chi connectivity index (χ2n) is 6.21. The zero-order valence-corrected chi connectivity index (χ0v) is 13.9. The molecule has 1 atom stereocenters. The van der Waals surface area contributed by atoms with E-state index in [-0.39, 0.29) is 24.4 Å². The zero-order chi connectivity index (χ0) is 16.9. The molecule has 1 N–H and O–H groups in total. The molecular weight excluding hydrogens is 300 g/mol. The molecule has 2 aromatic carbocycles. The minimum absolute atomic E-state index is 0.0479. The Morgan fingerprint density at radius 2 is 1.79 bits per heavy atom. The third-order valence-corrected chi connectivity index (χ3v) is 4.40. The van der Waals surface area contributed by atoms with Crippen LogP contribution in [0.4, 0.5) is 5.69 Å². The van der Waals surface area contributed by atoms with Crippen molar-refractivity contribution in [3.8, 4) is 0 Å². The lowest BCUT2D eigenvalue weighted by molar-refractivity contribution is -0.125. The minimum atomic E-state index is -0.0904. The van der Waals surface area contributed by atoms with E-state index in [1.54, 1.807) is 4.90 Å². The van der Waals surface area contributed by atoms with Crippen molar-refractivity contribution in [1.82, 2.24) is 5.32 Å². The molecule has 0 bridgehead atoms. The molecular formula is C20H22N2O2. The van der Waals surface area contributed by atoms with Crippen molar-refractivity contribution >= 4 is 17.5 Å². The first-order chi connectivity index (χ1) is 11.6. The number of nitrogens with one attached hydrogen (secondary N) is 1. The molecule has 0 saturated carbocycles. The average Bonchev–Trinajstić information content (AvgIpc) is 2.94. The number of benzene rings is 2. The molecule has 1 aliphatic heterocycles. The van der Waals surface area contributed by atoms with Gasteiger partial charge in [-0.1, -0.05) is 48.5 Å². The van der Waals surface area contributed by atoms with E-state index < -0.39 is 0 Å². The molecule has 1 aliphatic rings. The Bertz CT molecular complexity index is 727. The van der Waals surface area contributed by atoms with E-state index in [2.05, 4.69) is 11.4 Å². The number of hydrogen-bond donors (Lipinski definition) is 1. The van der Waals surface area contributed by atoms with E-state index in [0.29, 0.717) is 12.8 Å². The van der Waals surface area contributed by atoms with Gasteiger partial charge < -0.3 is 10.2 Å². The summed E-state index contributed by atoms with van der Waals surface area (Å²) < 4.78 is 0. The van der Waals surface area contributed by atoms with Crippen LogP contribution in [0, 0.1) is 0 Å². The summed E-state index contributed by atoms with van der Waals surface area (Å²) in [5.41, 5.74) is 3.28. The van der Waals surface area contributed by atoms with Crippen LogP contribution in [0.5, 0.6) is 0 Å². The molecule has 2 amide bonds. The van der Waals surface area contributed by atoms with Crippen LogP contribution >= 0.6 is 0 Å². The van der Waals surface area contributed by atoms with E-state index in [1.165, 1.54) is 5.56 Å². The van der Waals surface area contributed by atoms with Gasteiger partial charge in [0.1, 0.15) is 0 Å². The molecule has 0 fully saturated rings. The van der Waals surface area contributed by atoms with Gasteiger partial charge in [0.05, 0.1) is 6.54 Å². The summed E-state index contributed by atoms with van der Waals surface area (Å²) in [6, 6.07) is 18.0. The predicted molar refractivity (Wildman–Crippen MR) is 94.9 cm³/mol. The van der Waals surface area contributed by atoms with Gasteiger partial charge in [0.25, 0.3) is 0 Å². The van der Waals surface area contributed by atoms with E-state index >= 15 is 0 Å². The largest absolute Gasteiger partial charge is 0.347 e. The highest BCUT2D eigenvalue weighted by atomic mass is 16.2. The Balaban J connectivity index is 1.51. The lowest BCUT2D eigenvalue weighted by Gasteiger charge is -2.22. The number of carbonyl (C=O) groups excluding carboxylic acids is 2. The molecule has 4 nitrogen and oxygen atoms in total. The van der Waals surface area contributed by atoms with Gasteiger partial charge in [-0.05, 0) is 37.0 Å². The summed E-state index contributed by atoms with van der Waals surface area (Å²) in [4.78, 5) is 26.3. The van der Waals surface area contributed by atoms with Crippen molar-refractivity contribution in [2.45, 2.75) is 32.2 Å². The number of anilines is 1. The van der Waals surface area contributed by atoms with E-state index in [1.807, 2.05) is 55.5 Å². The number of amides is 2. The number of hydrogen-bond acceptors (Lipinski definition) is 2. The maximum Gasteiger partial charge on any atom is 0.246 e. The summed E-state index contributed by atoms with van der Waals surface area (Å²) in [6.07, 6.45) is 1.94. The number of fused-ring (bicyclic) bond motifs is 1. The molecule has 1 heterocycles. The lowest BCUT2D eigenvalue weighted by atomic mass is 10.1. The number of nitrogens with zero attached hydrogens (tertiary/aromatic N) is 1. The zero-order valence-electron chi connectivity index (χ0n) is 13.9. The molecule has 1 unspecified atom stereocenters. The SMILES string of the molecule is CC1Cc2ccccc2N1C(=O)CNC(=O)CCc1ccccc1. The van der Waals surface area contributed by atoms with Crippen LogP contribution in [0.1, 0.15) is 24.5 Å². The molecule has 0 spiro atoms. The number of para-hydroxylation sites is 1. The van der Waals surface area contributed by atoms with E-state index in [4.69, 9.17) is 0 Å². The third kappa shape index (κ3) is 3.65. The van der Waals surface area contributed by atoms with Crippen molar-refractivity contribution in [1.29, 1.82) is 0 Å². The molecule has 0 aromatic heterocycles. The van der Waals surface area contributed by atoms with Gasteiger partial charge in [-0.15, -0.1) is 0 Å². The third-order valence-electron chi connectivity index (χ3n) is 4.40. The topological polar surface area (TPSA) is 49.4 Å². The Hall–Kier alpha value is -2.62. The van der Waals surface area contributed by atoms with Crippen LogP contribution in [-0.2, 0) is 22.4 Å². The van der Waals surface area contributed by atoms with Crippen molar-refractivity contribution in [3.63, 3.8) is 0 Å². The first kappa shape index (κ1) is 16.2. The lowest BCUT2D eigenvalue weighted by Crippen LogP contribution is -2.43. The molecule has 3 rings (SSSR count). The number of aryl methyl sites for hydroxylation is 1. The van der Waals surface area contributed by atoms with Gasteiger partial charge in [-0.25, -0.2) is 0 Å². The predicted octanol–water partition coefficient (Wildman–Crippen LogP) is 2.71. The molecule has 124 valence electrons. The standard InChI is InChI=1S/C20H22N2O2/c1-15-13-17-9-5-6-10-18(17)22(15)20(24)14-21-19(23)12-11-16-7-3-2-4-8-16/h2-10,15H,11-14H2,1H3,(H,21,23). The van der Waals surface area contributed by atoms with Gasteiger partial charge in [0.2, 0.25) is 11.8 Å². The maximum atomic E-state index is 12.5. The Morgan fingerprint density at radius 3 is 2.58 bits per heavy atom. The van der Waals surface area contributed by atoms with Gasteiger partial charge in [0.15, 0.2) is 0 Å². The Morgan fingerprint density at radius 1 is 1.08 bits per heavy atom. The minimum Gasteiger partial charge on any atom is -0.347 e. The summed E-state index contributed by atoms with van der Waals surface area (Å²) in [5.74, 6) is -0.146. The highest BCUT2D eigenvalue weighted by molar-refractivity contribution is 5.99. The smallest absolute Gasteiger partial charge is 0.246 e. The van der Waals surface area contributed by atoms with Crippen LogP contribution in [0.2, 0.25) is 0 Å². The fourth-order valence-electron chi connectivity index (χ4n) is 3.20. The van der Waals surface area contributed by atoms with Crippen LogP contribution in [-0.4, -0.2) is 24.4 Å².